The van der Waals surface area contributed by atoms with Gasteiger partial charge in [-0.3, -0.25) is 10.1 Å². The Morgan fingerprint density at radius 1 is 1.43 bits per heavy atom. The van der Waals surface area contributed by atoms with Crippen LogP contribution in [-0.2, 0) is 9.53 Å². The number of imide groups is 1. The molecular weight excluding hydrogens is 208 g/mol. The number of nitrogens with one attached hydrogen (secondary N) is 2. The predicted octanol–water partition coefficient (Wildman–Crippen LogP) is 0.476. The van der Waals surface area contributed by atoms with E-state index in [0.717, 1.165) is 0 Å². The van der Waals surface area contributed by atoms with E-state index in [4.69, 9.17) is 16.3 Å². The first kappa shape index (κ1) is 13.2. The summed E-state index contributed by atoms with van der Waals surface area (Å²) in [5.74, 6) is -0.746. The van der Waals surface area contributed by atoms with Crippen molar-refractivity contribution in [2.75, 3.05) is 19.0 Å². The van der Waals surface area contributed by atoms with Crippen molar-refractivity contribution in [1.82, 2.24) is 10.6 Å². The van der Waals surface area contributed by atoms with Crippen molar-refractivity contribution in [3.8, 4) is 0 Å². The molecule has 0 atom stereocenters. The van der Waals surface area contributed by atoms with Crippen molar-refractivity contribution in [2.24, 2.45) is 0 Å². The monoisotopic (exact) mass is 222 g/mol. The molecule has 0 unspecified atom stereocenters. The van der Waals surface area contributed by atoms with E-state index in [1.54, 1.807) is 0 Å². The van der Waals surface area contributed by atoms with Crippen LogP contribution in [-0.4, -0.2) is 37.1 Å². The van der Waals surface area contributed by atoms with E-state index in [0.29, 0.717) is 13.2 Å². The molecule has 0 aliphatic rings. The molecule has 0 saturated heterocycles. The maximum absolute atomic E-state index is 10.9. The zero-order chi connectivity index (χ0) is 11.0. The van der Waals surface area contributed by atoms with Crippen LogP contribution in [0.4, 0.5) is 4.79 Å². The summed E-state index contributed by atoms with van der Waals surface area (Å²) in [6.07, 6.45) is 0.129. The van der Waals surface area contributed by atoms with Gasteiger partial charge in [0, 0.05) is 6.54 Å². The Hall–Kier alpha value is -0.810. The van der Waals surface area contributed by atoms with Gasteiger partial charge in [0.15, 0.2) is 0 Å². The maximum Gasteiger partial charge on any atom is 0.321 e. The van der Waals surface area contributed by atoms with Gasteiger partial charge >= 0.3 is 6.03 Å². The van der Waals surface area contributed by atoms with Gasteiger partial charge in [-0.15, -0.1) is 11.6 Å². The van der Waals surface area contributed by atoms with Crippen LogP contribution in [0.2, 0.25) is 0 Å². The standard InChI is InChI=1S/C8H15ClN2O3/c1-6(2)14-4-3-10-8(13)11-7(12)5-9/h6H,3-5H2,1-2H3,(H2,10,11,12,13). The van der Waals surface area contributed by atoms with Crippen LogP contribution in [0, 0.1) is 0 Å². The summed E-state index contributed by atoms with van der Waals surface area (Å²) < 4.78 is 5.17. The van der Waals surface area contributed by atoms with Gasteiger partial charge in [0.25, 0.3) is 0 Å². The van der Waals surface area contributed by atoms with Crippen molar-refractivity contribution >= 4 is 23.5 Å². The van der Waals surface area contributed by atoms with Gasteiger partial charge in [-0.1, -0.05) is 0 Å². The van der Waals surface area contributed by atoms with Crippen LogP contribution in [0.25, 0.3) is 0 Å². The van der Waals surface area contributed by atoms with Crippen LogP contribution < -0.4 is 10.6 Å². The molecular formula is C8H15ClN2O3. The Labute approximate surface area is 88.1 Å². The summed E-state index contributed by atoms with van der Waals surface area (Å²) in [6.45, 7) is 4.58. The first-order valence-electron chi connectivity index (χ1n) is 4.31. The van der Waals surface area contributed by atoms with Crippen LogP contribution in [0.15, 0.2) is 0 Å². The third-order valence-corrected chi connectivity index (χ3v) is 1.46. The molecule has 0 aliphatic carbocycles. The number of alkyl halides is 1. The van der Waals surface area contributed by atoms with Crippen molar-refractivity contribution in [3.63, 3.8) is 0 Å². The lowest BCUT2D eigenvalue weighted by atomic mass is 10.5. The van der Waals surface area contributed by atoms with E-state index in [9.17, 15) is 9.59 Å². The third kappa shape index (κ3) is 7.82. The average molecular weight is 223 g/mol. The maximum atomic E-state index is 10.9. The fraction of sp³-hybridized carbons (Fsp3) is 0.750. The van der Waals surface area contributed by atoms with Gasteiger partial charge < -0.3 is 10.1 Å². The number of carbonyl (C=O) groups excluding carboxylic acids is 2. The molecule has 0 aromatic rings. The highest BCUT2D eigenvalue weighted by Gasteiger charge is 2.04. The number of halogens is 1. The molecule has 6 heteroatoms. The van der Waals surface area contributed by atoms with Crippen LogP contribution >= 0.6 is 11.6 Å². The molecule has 3 amide bonds. The summed E-state index contributed by atoms with van der Waals surface area (Å²) >= 11 is 5.18. The zero-order valence-corrected chi connectivity index (χ0v) is 9.06. The molecule has 14 heavy (non-hydrogen) atoms. The first-order valence-corrected chi connectivity index (χ1v) is 4.85. The zero-order valence-electron chi connectivity index (χ0n) is 8.30. The molecule has 0 bridgehead atoms. The molecule has 0 aromatic heterocycles. The molecule has 5 nitrogen and oxygen atoms in total. The van der Waals surface area contributed by atoms with E-state index in [1.165, 1.54) is 0 Å². The Bertz CT molecular complexity index is 197. The Kier molecular flexibility index (Phi) is 7.14. The highest BCUT2D eigenvalue weighted by atomic mass is 35.5. The molecule has 0 radical (unpaired) electrons. The summed E-state index contributed by atoms with van der Waals surface area (Å²) in [6, 6.07) is -0.553. The summed E-state index contributed by atoms with van der Waals surface area (Å²) in [7, 11) is 0. The van der Waals surface area contributed by atoms with Crippen LogP contribution in [0.3, 0.4) is 0 Å². The third-order valence-electron chi connectivity index (χ3n) is 1.21. The predicted molar refractivity (Wildman–Crippen MR) is 53.3 cm³/mol. The molecule has 82 valence electrons. The number of hydrogen-bond acceptors (Lipinski definition) is 3. The minimum absolute atomic E-state index is 0.129. The Morgan fingerprint density at radius 2 is 2.07 bits per heavy atom. The fourth-order valence-corrected chi connectivity index (χ4v) is 0.730. The van der Waals surface area contributed by atoms with Crippen molar-refractivity contribution in [1.29, 1.82) is 0 Å². The number of urea groups is 1. The number of carbonyl (C=O) groups is 2. The van der Waals surface area contributed by atoms with Crippen LogP contribution in [0.1, 0.15) is 13.8 Å². The molecule has 0 heterocycles. The van der Waals surface area contributed by atoms with Crippen molar-refractivity contribution in [2.45, 2.75) is 20.0 Å². The van der Waals surface area contributed by atoms with Gasteiger partial charge in [-0.05, 0) is 13.8 Å². The lowest BCUT2D eigenvalue weighted by Crippen LogP contribution is -2.41. The Morgan fingerprint density at radius 3 is 2.57 bits per heavy atom. The highest BCUT2D eigenvalue weighted by Crippen LogP contribution is 1.84. The number of amides is 3. The Balaban J connectivity index is 3.40. The number of hydrogen-bond donors (Lipinski definition) is 2. The summed E-state index contributed by atoms with van der Waals surface area (Å²) in [5.41, 5.74) is 0. The molecule has 0 spiro atoms. The second kappa shape index (κ2) is 7.58. The van der Waals surface area contributed by atoms with Crippen molar-refractivity contribution in [3.05, 3.63) is 0 Å². The topological polar surface area (TPSA) is 67.4 Å². The average Bonchev–Trinajstić information content (AvgIpc) is 2.12. The second-order valence-electron chi connectivity index (χ2n) is 2.86. The first-order chi connectivity index (χ1) is 6.56. The minimum atomic E-state index is -0.553. The van der Waals surface area contributed by atoms with Gasteiger partial charge in [0.1, 0.15) is 5.88 Å². The van der Waals surface area contributed by atoms with E-state index in [2.05, 4.69) is 5.32 Å². The smallest absolute Gasteiger partial charge is 0.321 e. The summed E-state index contributed by atoms with van der Waals surface area (Å²) in [5, 5.41) is 4.49. The van der Waals surface area contributed by atoms with E-state index >= 15 is 0 Å². The largest absolute Gasteiger partial charge is 0.377 e. The van der Waals surface area contributed by atoms with E-state index < -0.39 is 11.9 Å². The van der Waals surface area contributed by atoms with Gasteiger partial charge in [-0.2, -0.15) is 0 Å². The second-order valence-corrected chi connectivity index (χ2v) is 3.12. The van der Waals surface area contributed by atoms with Crippen molar-refractivity contribution < 1.29 is 14.3 Å². The molecule has 0 aromatic carbocycles. The molecule has 0 fully saturated rings. The highest BCUT2D eigenvalue weighted by molar-refractivity contribution is 6.28. The minimum Gasteiger partial charge on any atom is -0.377 e. The molecule has 0 rings (SSSR count). The lowest BCUT2D eigenvalue weighted by molar-refractivity contribution is -0.117. The molecule has 0 saturated carbocycles. The fourth-order valence-electron chi connectivity index (χ4n) is 0.663. The molecule has 0 aliphatic heterocycles. The lowest BCUT2D eigenvalue weighted by Gasteiger charge is -2.08. The van der Waals surface area contributed by atoms with E-state index in [-0.39, 0.29) is 12.0 Å². The van der Waals surface area contributed by atoms with E-state index in [1.807, 2.05) is 19.2 Å². The van der Waals surface area contributed by atoms with Gasteiger partial charge in [0.05, 0.1) is 12.7 Å². The molecule has 2 N–H and O–H groups in total. The normalized spacial score (nSPS) is 10.0. The van der Waals surface area contributed by atoms with Gasteiger partial charge in [-0.25, -0.2) is 4.79 Å². The summed E-state index contributed by atoms with van der Waals surface area (Å²) in [4.78, 5) is 21.5. The van der Waals surface area contributed by atoms with Crippen LogP contribution in [0.5, 0.6) is 0 Å². The quantitative estimate of drug-likeness (QED) is 0.525. The number of ether oxygens (including phenoxy) is 1. The van der Waals surface area contributed by atoms with Gasteiger partial charge in [0.2, 0.25) is 5.91 Å². The SMILES string of the molecule is CC(C)OCCNC(=O)NC(=O)CCl. The number of rotatable bonds is 5.